The quantitative estimate of drug-likeness (QED) is 0.820. The lowest BCUT2D eigenvalue weighted by molar-refractivity contribution is -0.117. The average molecular weight is 206 g/mol. The molecule has 2 N–H and O–H groups in total. The minimum Gasteiger partial charge on any atom is -0.351 e. The number of amides is 3. The predicted molar refractivity (Wildman–Crippen MR) is 58.4 cm³/mol. The number of nitrogens with zero attached hydrogens (tertiary/aromatic N) is 1. The second-order valence-corrected chi connectivity index (χ2v) is 3.15. The topological polar surface area (TPSA) is 63.4 Å². The average Bonchev–Trinajstić information content (AvgIpc) is 2.19. The van der Waals surface area contributed by atoms with Gasteiger partial charge in [0.05, 0.1) is 5.69 Å². The molecule has 15 heavy (non-hydrogen) atoms. The molecule has 0 atom stereocenters. The lowest BCUT2D eigenvalue weighted by Crippen LogP contribution is -2.40. The number of carbonyl (C=O) groups excluding carboxylic acids is 2. The first-order valence-corrected chi connectivity index (χ1v) is 4.84. The number of carbonyl (C=O) groups is 2. The van der Waals surface area contributed by atoms with E-state index in [0.717, 1.165) is 4.90 Å². The Morgan fingerprint density at radius 3 is 2.33 bits per heavy atom. The van der Waals surface area contributed by atoms with Crippen LogP contribution < -0.4 is 10.6 Å². The standard InChI is InChI=1S/C11H14N2O2/c1-2-6-10(14)13(11(12)15)9-7-4-3-5-8-9/h3-5,7-8H,2,6H2,1H3,(H2,12,15). The van der Waals surface area contributed by atoms with Crippen LogP contribution in [0, 0.1) is 0 Å². The molecule has 0 bridgehead atoms. The Morgan fingerprint density at radius 2 is 1.87 bits per heavy atom. The van der Waals surface area contributed by atoms with Crippen molar-refractivity contribution in [2.24, 2.45) is 5.73 Å². The SMILES string of the molecule is CCCC(=O)N(C(N)=O)c1ccccc1. The molecule has 80 valence electrons. The molecule has 0 aliphatic heterocycles. The molecule has 0 radical (unpaired) electrons. The highest BCUT2D eigenvalue weighted by molar-refractivity contribution is 6.13. The molecule has 0 spiro atoms. The van der Waals surface area contributed by atoms with Crippen molar-refractivity contribution in [3.63, 3.8) is 0 Å². The fraction of sp³-hybridized carbons (Fsp3) is 0.273. The molecule has 1 rings (SSSR count). The first kappa shape index (κ1) is 11.2. The zero-order valence-corrected chi connectivity index (χ0v) is 8.64. The molecule has 0 aromatic heterocycles. The van der Waals surface area contributed by atoms with Gasteiger partial charge in [-0.05, 0) is 18.6 Å². The minimum absolute atomic E-state index is 0.267. The van der Waals surface area contributed by atoms with E-state index in [4.69, 9.17) is 5.73 Å². The molecular formula is C11H14N2O2. The molecule has 4 nitrogen and oxygen atoms in total. The minimum atomic E-state index is -0.736. The number of benzene rings is 1. The Morgan fingerprint density at radius 1 is 1.27 bits per heavy atom. The van der Waals surface area contributed by atoms with E-state index >= 15 is 0 Å². The van der Waals surface area contributed by atoms with Crippen LogP contribution in [-0.2, 0) is 4.79 Å². The van der Waals surface area contributed by atoms with E-state index in [1.807, 2.05) is 13.0 Å². The summed E-state index contributed by atoms with van der Waals surface area (Å²) in [7, 11) is 0. The van der Waals surface area contributed by atoms with Gasteiger partial charge in [0.25, 0.3) is 0 Å². The Hall–Kier alpha value is -1.84. The van der Waals surface area contributed by atoms with Gasteiger partial charge in [-0.3, -0.25) is 4.79 Å². The summed E-state index contributed by atoms with van der Waals surface area (Å²) in [5.74, 6) is -0.267. The number of anilines is 1. The molecule has 1 aromatic carbocycles. The summed E-state index contributed by atoms with van der Waals surface area (Å²) in [5.41, 5.74) is 5.68. The maximum atomic E-state index is 11.6. The molecule has 0 saturated heterocycles. The van der Waals surface area contributed by atoms with Crippen molar-refractivity contribution >= 4 is 17.6 Å². The van der Waals surface area contributed by atoms with Crippen molar-refractivity contribution < 1.29 is 9.59 Å². The van der Waals surface area contributed by atoms with Gasteiger partial charge in [0.15, 0.2) is 0 Å². The number of urea groups is 1. The van der Waals surface area contributed by atoms with Crippen LogP contribution in [0.5, 0.6) is 0 Å². The fourth-order valence-corrected chi connectivity index (χ4v) is 1.30. The number of rotatable bonds is 3. The molecule has 0 saturated carbocycles. The van der Waals surface area contributed by atoms with Gasteiger partial charge in [0.1, 0.15) is 0 Å². The third-order valence-electron chi connectivity index (χ3n) is 1.95. The summed E-state index contributed by atoms with van der Waals surface area (Å²) >= 11 is 0. The highest BCUT2D eigenvalue weighted by atomic mass is 16.2. The van der Waals surface area contributed by atoms with E-state index in [2.05, 4.69) is 0 Å². The molecular weight excluding hydrogens is 192 g/mol. The lowest BCUT2D eigenvalue weighted by Gasteiger charge is -2.17. The van der Waals surface area contributed by atoms with E-state index < -0.39 is 6.03 Å². The number of imide groups is 1. The van der Waals surface area contributed by atoms with Gasteiger partial charge < -0.3 is 5.73 Å². The van der Waals surface area contributed by atoms with Crippen molar-refractivity contribution in [2.45, 2.75) is 19.8 Å². The zero-order valence-electron chi connectivity index (χ0n) is 8.64. The van der Waals surface area contributed by atoms with Gasteiger partial charge in [0, 0.05) is 6.42 Å². The predicted octanol–water partition coefficient (Wildman–Crippen LogP) is 1.90. The van der Waals surface area contributed by atoms with E-state index in [1.165, 1.54) is 0 Å². The Kier molecular flexibility index (Phi) is 3.85. The molecule has 0 fully saturated rings. The normalized spacial score (nSPS) is 9.67. The van der Waals surface area contributed by atoms with Crippen LogP contribution in [-0.4, -0.2) is 11.9 Å². The smallest absolute Gasteiger partial charge is 0.326 e. The van der Waals surface area contributed by atoms with E-state index in [0.29, 0.717) is 18.5 Å². The van der Waals surface area contributed by atoms with Crippen molar-refractivity contribution in [1.29, 1.82) is 0 Å². The number of primary amides is 1. The summed E-state index contributed by atoms with van der Waals surface area (Å²) in [6.07, 6.45) is 1.01. The Labute approximate surface area is 88.7 Å². The molecule has 0 aliphatic carbocycles. The second kappa shape index (κ2) is 5.14. The number of hydrogen-bond donors (Lipinski definition) is 1. The molecule has 1 aromatic rings. The third kappa shape index (κ3) is 2.80. The summed E-state index contributed by atoms with van der Waals surface area (Å²) in [6.45, 7) is 1.88. The van der Waals surface area contributed by atoms with Gasteiger partial charge in [0.2, 0.25) is 5.91 Å². The molecule has 0 unspecified atom stereocenters. The summed E-state index contributed by atoms with van der Waals surface area (Å²) < 4.78 is 0. The van der Waals surface area contributed by atoms with Gasteiger partial charge in [-0.1, -0.05) is 25.1 Å². The van der Waals surface area contributed by atoms with Crippen LogP contribution in [0.15, 0.2) is 30.3 Å². The maximum absolute atomic E-state index is 11.6. The van der Waals surface area contributed by atoms with Crippen molar-refractivity contribution in [2.75, 3.05) is 4.90 Å². The molecule has 0 aliphatic rings. The maximum Gasteiger partial charge on any atom is 0.326 e. The van der Waals surface area contributed by atoms with Crippen LogP contribution in [0.1, 0.15) is 19.8 Å². The summed E-state index contributed by atoms with van der Waals surface area (Å²) in [5, 5.41) is 0. The largest absolute Gasteiger partial charge is 0.351 e. The highest BCUT2D eigenvalue weighted by Crippen LogP contribution is 2.14. The lowest BCUT2D eigenvalue weighted by atomic mass is 10.2. The number of para-hydroxylation sites is 1. The van der Waals surface area contributed by atoms with Gasteiger partial charge in [-0.2, -0.15) is 0 Å². The molecule has 4 heteroatoms. The Bertz CT molecular complexity index is 349. The number of hydrogen-bond acceptors (Lipinski definition) is 2. The van der Waals surface area contributed by atoms with Crippen LogP contribution in [0.2, 0.25) is 0 Å². The van der Waals surface area contributed by atoms with E-state index in [9.17, 15) is 9.59 Å². The summed E-state index contributed by atoms with van der Waals surface area (Å²) in [6, 6.07) is 7.94. The molecule has 3 amide bonds. The fourth-order valence-electron chi connectivity index (χ4n) is 1.30. The first-order valence-electron chi connectivity index (χ1n) is 4.84. The van der Waals surface area contributed by atoms with Crippen molar-refractivity contribution in [1.82, 2.24) is 0 Å². The third-order valence-corrected chi connectivity index (χ3v) is 1.95. The van der Waals surface area contributed by atoms with Crippen LogP contribution in [0.25, 0.3) is 0 Å². The summed E-state index contributed by atoms with van der Waals surface area (Å²) in [4.78, 5) is 23.8. The van der Waals surface area contributed by atoms with Gasteiger partial charge in [-0.25, -0.2) is 9.69 Å². The van der Waals surface area contributed by atoms with Gasteiger partial charge in [-0.15, -0.1) is 0 Å². The van der Waals surface area contributed by atoms with Crippen LogP contribution in [0.4, 0.5) is 10.5 Å². The highest BCUT2D eigenvalue weighted by Gasteiger charge is 2.19. The number of nitrogens with two attached hydrogens (primary N) is 1. The second-order valence-electron chi connectivity index (χ2n) is 3.15. The van der Waals surface area contributed by atoms with E-state index in [-0.39, 0.29) is 5.91 Å². The van der Waals surface area contributed by atoms with E-state index in [1.54, 1.807) is 24.3 Å². The van der Waals surface area contributed by atoms with Crippen molar-refractivity contribution in [3.05, 3.63) is 30.3 Å². The Balaban J connectivity index is 2.94. The first-order chi connectivity index (χ1) is 7.16. The van der Waals surface area contributed by atoms with Crippen molar-refractivity contribution in [3.8, 4) is 0 Å². The monoisotopic (exact) mass is 206 g/mol. The zero-order chi connectivity index (χ0) is 11.3. The van der Waals surface area contributed by atoms with Crippen LogP contribution in [0.3, 0.4) is 0 Å². The van der Waals surface area contributed by atoms with Gasteiger partial charge >= 0.3 is 6.03 Å². The van der Waals surface area contributed by atoms with Crippen LogP contribution >= 0.6 is 0 Å². The molecule has 0 heterocycles.